The molecule has 0 unspecified atom stereocenters. The SMILES string of the molecule is Cc1ccc(C)c(Nc2nccc(C(=O)NCc3ccccc3Cl)n2)c1. The summed E-state index contributed by atoms with van der Waals surface area (Å²) in [5.74, 6) is 0.0976. The lowest BCUT2D eigenvalue weighted by Crippen LogP contribution is -2.24. The largest absolute Gasteiger partial charge is 0.347 e. The van der Waals surface area contributed by atoms with E-state index < -0.39 is 0 Å². The summed E-state index contributed by atoms with van der Waals surface area (Å²) in [5, 5.41) is 6.61. The van der Waals surface area contributed by atoms with Crippen molar-refractivity contribution >= 4 is 29.1 Å². The summed E-state index contributed by atoms with van der Waals surface area (Å²) < 4.78 is 0. The fraction of sp³-hybridized carbons (Fsp3) is 0.150. The van der Waals surface area contributed by atoms with E-state index in [1.807, 2.05) is 50.2 Å². The molecule has 0 aliphatic rings. The molecule has 0 saturated carbocycles. The highest BCUT2D eigenvalue weighted by Crippen LogP contribution is 2.19. The summed E-state index contributed by atoms with van der Waals surface area (Å²) in [6.07, 6.45) is 1.56. The van der Waals surface area contributed by atoms with Gasteiger partial charge in [0.05, 0.1) is 0 Å². The molecule has 0 bridgehead atoms. The van der Waals surface area contributed by atoms with Gasteiger partial charge in [-0.25, -0.2) is 9.97 Å². The Morgan fingerprint density at radius 2 is 1.92 bits per heavy atom. The number of amides is 1. The van der Waals surface area contributed by atoms with Gasteiger partial charge in [0.1, 0.15) is 5.69 Å². The minimum Gasteiger partial charge on any atom is -0.347 e. The van der Waals surface area contributed by atoms with Crippen LogP contribution in [0.2, 0.25) is 5.02 Å². The molecule has 0 atom stereocenters. The fourth-order valence-corrected chi connectivity index (χ4v) is 2.65. The minimum absolute atomic E-state index is 0.281. The average molecular weight is 367 g/mol. The molecular formula is C20H19ClN4O. The zero-order valence-corrected chi connectivity index (χ0v) is 15.3. The fourth-order valence-electron chi connectivity index (χ4n) is 2.44. The number of nitrogens with zero attached hydrogens (tertiary/aromatic N) is 2. The first-order valence-corrected chi connectivity index (χ1v) is 8.59. The van der Waals surface area contributed by atoms with E-state index in [-0.39, 0.29) is 5.91 Å². The normalized spacial score (nSPS) is 10.4. The Morgan fingerprint density at radius 1 is 1.12 bits per heavy atom. The summed E-state index contributed by atoms with van der Waals surface area (Å²) in [7, 11) is 0. The van der Waals surface area contributed by atoms with Crippen LogP contribution < -0.4 is 10.6 Å². The zero-order valence-electron chi connectivity index (χ0n) is 14.6. The van der Waals surface area contributed by atoms with Crippen LogP contribution in [0.4, 0.5) is 11.6 Å². The molecule has 2 aromatic carbocycles. The van der Waals surface area contributed by atoms with E-state index in [0.29, 0.717) is 23.2 Å². The monoisotopic (exact) mass is 366 g/mol. The predicted molar refractivity (Wildman–Crippen MR) is 104 cm³/mol. The molecule has 0 radical (unpaired) electrons. The van der Waals surface area contributed by atoms with E-state index in [4.69, 9.17) is 11.6 Å². The van der Waals surface area contributed by atoms with Crippen LogP contribution in [-0.2, 0) is 6.54 Å². The molecule has 3 aromatic rings. The number of carbonyl (C=O) groups is 1. The molecule has 1 heterocycles. The number of carbonyl (C=O) groups excluding carboxylic acids is 1. The second kappa shape index (κ2) is 7.97. The smallest absolute Gasteiger partial charge is 0.270 e. The van der Waals surface area contributed by atoms with Crippen LogP contribution in [0.3, 0.4) is 0 Å². The van der Waals surface area contributed by atoms with Gasteiger partial charge >= 0.3 is 0 Å². The molecule has 6 heteroatoms. The number of aryl methyl sites for hydroxylation is 2. The third-order valence-electron chi connectivity index (χ3n) is 3.92. The third kappa shape index (κ3) is 4.37. The van der Waals surface area contributed by atoms with E-state index >= 15 is 0 Å². The van der Waals surface area contributed by atoms with Crippen LogP contribution in [0.15, 0.2) is 54.7 Å². The highest BCUT2D eigenvalue weighted by atomic mass is 35.5. The topological polar surface area (TPSA) is 66.9 Å². The van der Waals surface area contributed by atoms with Crippen molar-refractivity contribution < 1.29 is 4.79 Å². The third-order valence-corrected chi connectivity index (χ3v) is 4.29. The highest BCUT2D eigenvalue weighted by molar-refractivity contribution is 6.31. The molecular weight excluding hydrogens is 348 g/mol. The summed E-state index contributed by atoms with van der Waals surface area (Å²) in [6, 6.07) is 15.1. The molecule has 5 nitrogen and oxygen atoms in total. The van der Waals surface area contributed by atoms with Crippen LogP contribution in [-0.4, -0.2) is 15.9 Å². The summed E-state index contributed by atoms with van der Waals surface area (Å²) in [4.78, 5) is 20.9. The van der Waals surface area contributed by atoms with Gasteiger partial charge in [-0.15, -0.1) is 0 Å². The van der Waals surface area contributed by atoms with Crippen molar-refractivity contribution in [2.75, 3.05) is 5.32 Å². The van der Waals surface area contributed by atoms with Crippen molar-refractivity contribution in [3.63, 3.8) is 0 Å². The van der Waals surface area contributed by atoms with Crippen LogP contribution in [0, 0.1) is 13.8 Å². The van der Waals surface area contributed by atoms with Crippen LogP contribution in [0.5, 0.6) is 0 Å². The molecule has 0 fully saturated rings. The molecule has 132 valence electrons. The number of benzene rings is 2. The van der Waals surface area contributed by atoms with Crippen molar-refractivity contribution in [2.24, 2.45) is 0 Å². The summed E-state index contributed by atoms with van der Waals surface area (Å²) >= 11 is 6.11. The molecule has 1 amide bonds. The van der Waals surface area contributed by atoms with Crippen LogP contribution in [0.1, 0.15) is 27.2 Å². The maximum atomic E-state index is 12.4. The maximum absolute atomic E-state index is 12.4. The van der Waals surface area contributed by atoms with Gasteiger partial charge in [-0.05, 0) is 48.7 Å². The quantitative estimate of drug-likeness (QED) is 0.701. The lowest BCUT2D eigenvalue weighted by Gasteiger charge is -2.10. The zero-order chi connectivity index (χ0) is 18.5. The van der Waals surface area contributed by atoms with Crippen molar-refractivity contribution in [2.45, 2.75) is 20.4 Å². The number of halogens is 1. The minimum atomic E-state index is -0.281. The van der Waals surface area contributed by atoms with Crippen molar-refractivity contribution in [1.82, 2.24) is 15.3 Å². The Labute approximate surface area is 157 Å². The van der Waals surface area contributed by atoms with Crippen LogP contribution in [0.25, 0.3) is 0 Å². The first-order valence-electron chi connectivity index (χ1n) is 8.22. The number of aromatic nitrogens is 2. The van der Waals surface area contributed by atoms with Gasteiger partial charge in [0.25, 0.3) is 5.91 Å². The number of nitrogens with one attached hydrogen (secondary N) is 2. The molecule has 2 N–H and O–H groups in total. The van der Waals surface area contributed by atoms with E-state index in [1.54, 1.807) is 18.3 Å². The van der Waals surface area contributed by atoms with Crippen molar-refractivity contribution in [1.29, 1.82) is 0 Å². The van der Waals surface area contributed by atoms with E-state index in [9.17, 15) is 4.79 Å². The lowest BCUT2D eigenvalue weighted by atomic mass is 10.1. The number of hydrogen-bond acceptors (Lipinski definition) is 4. The average Bonchev–Trinajstić information content (AvgIpc) is 2.64. The molecule has 3 rings (SSSR count). The molecule has 0 aliphatic heterocycles. The van der Waals surface area contributed by atoms with Gasteiger partial charge in [0, 0.05) is 23.5 Å². The van der Waals surface area contributed by atoms with E-state index in [1.165, 1.54) is 0 Å². The van der Waals surface area contributed by atoms with Gasteiger partial charge in [-0.3, -0.25) is 4.79 Å². The Balaban J connectivity index is 1.71. The summed E-state index contributed by atoms with van der Waals surface area (Å²) in [6.45, 7) is 4.36. The Kier molecular flexibility index (Phi) is 5.49. The van der Waals surface area contributed by atoms with Crippen LogP contribution >= 0.6 is 11.6 Å². The first kappa shape index (κ1) is 17.9. The van der Waals surface area contributed by atoms with Gasteiger partial charge in [-0.1, -0.05) is 41.9 Å². The Hall–Kier alpha value is -2.92. The molecule has 0 spiro atoms. The standard InChI is InChI=1S/C20H19ClN4O/c1-13-7-8-14(2)18(11-13)25-20-22-10-9-17(24-20)19(26)23-12-15-5-3-4-6-16(15)21/h3-11H,12H2,1-2H3,(H,23,26)(H,22,24,25). The first-order chi connectivity index (χ1) is 12.5. The van der Waals surface area contributed by atoms with E-state index in [2.05, 4.69) is 20.6 Å². The van der Waals surface area contributed by atoms with Crippen molar-refractivity contribution in [3.8, 4) is 0 Å². The number of rotatable bonds is 5. The van der Waals surface area contributed by atoms with Gasteiger partial charge < -0.3 is 10.6 Å². The predicted octanol–water partition coefficient (Wildman–Crippen LogP) is 4.42. The van der Waals surface area contributed by atoms with Gasteiger partial charge in [-0.2, -0.15) is 0 Å². The molecule has 0 aliphatic carbocycles. The number of hydrogen-bond donors (Lipinski definition) is 2. The highest BCUT2D eigenvalue weighted by Gasteiger charge is 2.10. The Bertz CT molecular complexity index is 943. The molecule has 26 heavy (non-hydrogen) atoms. The number of anilines is 2. The van der Waals surface area contributed by atoms with Crippen molar-refractivity contribution in [3.05, 3.63) is 82.1 Å². The maximum Gasteiger partial charge on any atom is 0.270 e. The molecule has 0 saturated heterocycles. The van der Waals surface area contributed by atoms with E-state index in [0.717, 1.165) is 22.4 Å². The molecule has 1 aromatic heterocycles. The second-order valence-electron chi connectivity index (χ2n) is 5.98. The summed E-state index contributed by atoms with van der Waals surface area (Å²) in [5.41, 5.74) is 4.27. The lowest BCUT2D eigenvalue weighted by molar-refractivity contribution is 0.0946. The van der Waals surface area contributed by atoms with Gasteiger partial charge in [0.2, 0.25) is 5.95 Å². The second-order valence-corrected chi connectivity index (χ2v) is 6.39. The van der Waals surface area contributed by atoms with Gasteiger partial charge in [0.15, 0.2) is 0 Å². The Morgan fingerprint density at radius 3 is 2.73 bits per heavy atom.